The summed E-state index contributed by atoms with van der Waals surface area (Å²) in [5.74, 6) is -0.271. The summed E-state index contributed by atoms with van der Waals surface area (Å²) in [7, 11) is 0. The van der Waals surface area contributed by atoms with Crippen molar-refractivity contribution in [2.45, 2.75) is 26.4 Å². The molecule has 1 N–H and O–H groups in total. The van der Waals surface area contributed by atoms with Crippen molar-refractivity contribution >= 4 is 23.4 Å². The summed E-state index contributed by atoms with van der Waals surface area (Å²) < 4.78 is 28.4. The Morgan fingerprint density at radius 2 is 2.10 bits per heavy atom. The van der Waals surface area contributed by atoms with Crippen molar-refractivity contribution in [3.8, 4) is 16.9 Å². The van der Waals surface area contributed by atoms with Gasteiger partial charge in [-0.1, -0.05) is 6.07 Å². The molecule has 0 aliphatic carbocycles. The van der Waals surface area contributed by atoms with Crippen molar-refractivity contribution in [2.24, 2.45) is 0 Å². The molecule has 1 aromatic heterocycles. The normalized spacial score (nSPS) is 14.9. The second-order valence-corrected chi connectivity index (χ2v) is 7.55. The number of hydrogen-bond donors (Lipinski definition) is 1. The van der Waals surface area contributed by atoms with E-state index in [2.05, 4.69) is 14.1 Å². The Morgan fingerprint density at radius 3 is 2.83 bits per heavy atom. The van der Waals surface area contributed by atoms with Gasteiger partial charge in [-0.3, -0.25) is 9.59 Å². The first-order chi connectivity index (χ1) is 13.9. The van der Waals surface area contributed by atoms with Gasteiger partial charge >= 0.3 is 0 Å². The number of fused-ring (bicyclic) bond motifs is 1. The minimum Gasteiger partial charge on any atom is -0.487 e. The summed E-state index contributed by atoms with van der Waals surface area (Å²) in [4.78, 5) is 23.8. The SMILES string of the molecule is CC(=O)c1ccc(F)c(-c2cc(C)cc3c2OC(CNC(=O)c2cnsn2)C3)c1. The van der Waals surface area contributed by atoms with E-state index >= 15 is 0 Å². The zero-order valence-electron chi connectivity index (χ0n) is 15.9. The molecule has 1 aliphatic rings. The van der Waals surface area contributed by atoms with E-state index in [1.54, 1.807) is 6.07 Å². The van der Waals surface area contributed by atoms with Crippen molar-refractivity contribution < 1.29 is 18.7 Å². The van der Waals surface area contributed by atoms with Crippen molar-refractivity contribution in [1.82, 2.24) is 14.1 Å². The molecule has 6 nitrogen and oxygen atoms in total. The minimum absolute atomic E-state index is 0.131. The molecule has 0 saturated carbocycles. The number of rotatable bonds is 5. The molecule has 4 rings (SSSR count). The molecule has 0 bridgehead atoms. The van der Waals surface area contributed by atoms with Gasteiger partial charge < -0.3 is 10.1 Å². The third-order valence-electron chi connectivity index (χ3n) is 4.79. The first-order valence-corrected chi connectivity index (χ1v) is 9.82. The second kappa shape index (κ2) is 7.71. The second-order valence-electron chi connectivity index (χ2n) is 7.00. The van der Waals surface area contributed by atoms with Crippen LogP contribution >= 0.6 is 11.7 Å². The number of Topliss-reactive ketones (excluding diaryl/α,β-unsaturated/α-hetero) is 1. The van der Waals surface area contributed by atoms with Crippen LogP contribution in [0.5, 0.6) is 5.75 Å². The number of nitrogens with zero attached hydrogens (tertiary/aromatic N) is 2. The van der Waals surface area contributed by atoms with Gasteiger partial charge in [0.1, 0.15) is 17.7 Å². The van der Waals surface area contributed by atoms with Crippen molar-refractivity contribution in [3.63, 3.8) is 0 Å². The average molecular weight is 411 g/mol. The van der Waals surface area contributed by atoms with Gasteiger partial charge in [-0.15, -0.1) is 0 Å². The molecule has 1 amide bonds. The number of carbonyl (C=O) groups excluding carboxylic acids is 2. The number of ether oxygens (including phenoxy) is 1. The summed E-state index contributed by atoms with van der Waals surface area (Å²) in [6.07, 6.45) is 1.73. The molecule has 1 atom stereocenters. The fourth-order valence-electron chi connectivity index (χ4n) is 3.42. The molecule has 148 valence electrons. The molecule has 2 aromatic carbocycles. The lowest BCUT2D eigenvalue weighted by atomic mass is 9.95. The van der Waals surface area contributed by atoms with E-state index in [1.165, 1.54) is 25.3 Å². The molecule has 2 heterocycles. The van der Waals surface area contributed by atoms with E-state index in [4.69, 9.17) is 4.74 Å². The molecule has 0 saturated heterocycles. The fraction of sp³-hybridized carbons (Fsp3) is 0.238. The molecule has 8 heteroatoms. The van der Waals surface area contributed by atoms with Crippen LogP contribution in [0.1, 0.15) is 38.9 Å². The highest BCUT2D eigenvalue weighted by Gasteiger charge is 2.28. The predicted molar refractivity (Wildman–Crippen MR) is 107 cm³/mol. The maximum Gasteiger partial charge on any atom is 0.272 e. The molecule has 0 fully saturated rings. The Kier molecular flexibility index (Phi) is 5.10. The van der Waals surface area contributed by atoms with Crippen molar-refractivity contribution in [1.29, 1.82) is 0 Å². The summed E-state index contributed by atoms with van der Waals surface area (Å²) in [5.41, 5.74) is 3.56. The summed E-state index contributed by atoms with van der Waals surface area (Å²) in [6.45, 7) is 3.67. The van der Waals surface area contributed by atoms with Crippen LogP contribution in [-0.2, 0) is 6.42 Å². The highest BCUT2D eigenvalue weighted by molar-refractivity contribution is 6.99. The first-order valence-electron chi connectivity index (χ1n) is 9.09. The third-order valence-corrected chi connectivity index (χ3v) is 5.27. The number of ketones is 1. The van der Waals surface area contributed by atoms with Crippen LogP contribution in [0.3, 0.4) is 0 Å². The van der Waals surface area contributed by atoms with Crippen LogP contribution in [0.25, 0.3) is 11.1 Å². The monoisotopic (exact) mass is 411 g/mol. The predicted octanol–water partition coefficient (Wildman–Crippen LogP) is 3.59. The van der Waals surface area contributed by atoms with E-state index < -0.39 is 5.82 Å². The Labute approximate surface area is 171 Å². The number of benzene rings is 2. The van der Waals surface area contributed by atoms with Gasteiger partial charge in [-0.25, -0.2) is 4.39 Å². The number of halogens is 1. The maximum atomic E-state index is 14.6. The standard InChI is InChI=1S/C21H18FN3O3S/c1-11-5-14-7-15(9-23-21(27)19-10-24-29-25-19)28-20(14)17(6-11)16-8-13(12(2)26)3-4-18(16)22/h3-6,8,10,15H,7,9H2,1-2H3,(H,23,27). The molecule has 1 unspecified atom stereocenters. The van der Waals surface area contributed by atoms with Gasteiger partial charge in [0.15, 0.2) is 11.5 Å². The Balaban J connectivity index is 1.59. The number of nitrogens with one attached hydrogen (secondary N) is 1. The topological polar surface area (TPSA) is 81.2 Å². The number of hydrogen-bond acceptors (Lipinski definition) is 6. The zero-order chi connectivity index (χ0) is 20.5. The third kappa shape index (κ3) is 3.88. The molecule has 1 aliphatic heterocycles. The van der Waals surface area contributed by atoms with Gasteiger partial charge in [0.2, 0.25) is 0 Å². The van der Waals surface area contributed by atoms with Gasteiger partial charge in [0.05, 0.1) is 24.5 Å². The van der Waals surface area contributed by atoms with Gasteiger partial charge in [-0.2, -0.15) is 8.75 Å². The minimum atomic E-state index is -0.417. The lowest BCUT2D eigenvalue weighted by Crippen LogP contribution is -2.34. The van der Waals surface area contributed by atoms with E-state index in [1.807, 2.05) is 19.1 Å². The summed E-state index contributed by atoms with van der Waals surface area (Å²) in [6, 6.07) is 8.18. The van der Waals surface area contributed by atoms with Gasteiger partial charge in [-0.05, 0) is 49.2 Å². The van der Waals surface area contributed by atoms with Crippen LogP contribution in [0, 0.1) is 12.7 Å². The molecule has 0 spiro atoms. The fourth-order valence-corrected chi connectivity index (χ4v) is 3.83. The quantitative estimate of drug-likeness (QED) is 0.649. The Hall–Kier alpha value is -3.13. The number of aromatic nitrogens is 2. The Morgan fingerprint density at radius 1 is 1.28 bits per heavy atom. The summed E-state index contributed by atoms with van der Waals surface area (Å²) in [5, 5.41) is 2.79. The highest BCUT2D eigenvalue weighted by atomic mass is 32.1. The van der Waals surface area contributed by atoms with Crippen molar-refractivity contribution in [3.05, 3.63) is 64.7 Å². The maximum absolute atomic E-state index is 14.6. The molecule has 0 radical (unpaired) electrons. The van der Waals surface area contributed by atoms with E-state index in [0.29, 0.717) is 35.4 Å². The number of amides is 1. The zero-order valence-corrected chi connectivity index (χ0v) is 16.7. The van der Waals surface area contributed by atoms with Gasteiger partial charge in [0, 0.05) is 23.1 Å². The lowest BCUT2D eigenvalue weighted by Gasteiger charge is -2.14. The largest absolute Gasteiger partial charge is 0.487 e. The lowest BCUT2D eigenvalue weighted by molar-refractivity contribution is 0.0929. The van der Waals surface area contributed by atoms with Crippen LogP contribution in [-0.4, -0.2) is 33.1 Å². The van der Waals surface area contributed by atoms with E-state index in [9.17, 15) is 14.0 Å². The Bertz CT molecular complexity index is 1100. The van der Waals surface area contributed by atoms with Crippen LogP contribution in [0.2, 0.25) is 0 Å². The smallest absolute Gasteiger partial charge is 0.272 e. The van der Waals surface area contributed by atoms with Crippen molar-refractivity contribution in [2.75, 3.05) is 6.54 Å². The first kappa shape index (κ1) is 19.2. The number of carbonyl (C=O) groups is 2. The highest BCUT2D eigenvalue weighted by Crippen LogP contribution is 2.41. The molecule has 29 heavy (non-hydrogen) atoms. The van der Waals surface area contributed by atoms with Crippen LogP contribution in [0.15, 0.2) is 36.5 Å². The van der Waals surface area contributed by atoms with E-state index in [0.717, 1.165) is 22.9 Å². The van der Waals surface area contributed by atoms with Gasteiger partial charge in [0.25, 0.3) is 5.91 Å². The molecular formula is C21H18FN3O3S. The summed E-state index contributed by atoms with van der Waals surface area (Å²) >= 11 is 0.970. The van der Waals surface area contributed by atoms with Crippen LogP contribution < -0.4 is 10.1 Å². The van der Waals surface area contributed by atoms with E-state index in [-0.39, 0.29) is 23.5 Å². The average Bonchev–Trinajstić information content (AvgIpc) is 3.35. The number of aryl methyl sites for hydroxylation is 1. The molecule has 3 aromatic rings. The molecular weight excluding hydrogens is 393 g/mol. The van der Waals surface area contributed by atoms with Crippen LogP contribution in [0.4, 0.5) is 4.39 Å².